The molecule has 0 saturated carbocycles. The molecule has 0 aliphatic carbocycles. The Hall–Kier alpha value is -2.40. The maximum atomic E-state index is 13.7. The second-order valence-electron chi connectivity index (χ2n) is 6.30. The first kappa shape index (κ1) is 18.4. The van der Waals surface area contributed by atoms with Crippen molar-refractivity contribution >= 4 is 23.4 Å². The zero-order valence-electron chi connectivity index (χ0n) is 14.3. The molecule has 1 fully saturated rings. The molecule has 0 radical (unpaired) electrons. The van der Waals surface area contributed by atoms with Crippen LogP contribution in [0.25, 0.3) is 0 Å². The predicted molar refractivity (Wildman–Crippen MR) is 98.7 cm³/mol. The van der Waals surface area contributed by atoms with Crippen molar-refractivity contribution < 1.29 is 14.0 Å². The summed E-state index contributed by atoms with van der Waals surface area (Å²) in [6, 6.07) is 13.1. The van der Waals surface area contributed by atoms with Crippen LogP contribution in [-0.4, -0.2) is 47.8 Å². The lowest BCUT2D eigenvalue weighted by molar-refractivity contribution is -0.130. The van der Waals surface area contributed by atoms with Gasteiger partial charge < -0.3 is 9.80 Å². The van der Waals surface area contributed by atoms with Gasteiger partial charge in [0, 0.05) is 36.8 Å². The fourth-order valence-corrected chi connectivity index (χ4v) is 3.19. The van der Waals surface area contributed by atoms with Crippen molar-refractivity contribution in [2.24, 2.45) is 0 Å². The molecule has 0 spiro atoms. The number of rotatable bonds is 3. The quantitative estimate of drug-likeness (QED) is 0.826. The summed E-state index contributed by atoms with van der Waals surface area (Å²) in [5, 5.41) is 0.585. The van der Waals surface area contributed by atoms with Crippen molar-refractivity contribution in [3.8, 4) is 0 Å². The summed E-state index contributed by atoms with van der Waals surface area (Å²) in [6.45, 7) is 2.07. The van der Waals surface area contributed by atoms with Gasteiger partial charge in [-0.2, -0.15) is 0 Å². The third-order valence-electron chi connectivity index (χ3n) is 4.53. The molecule has 2 amide bonds. The minimum atomic E-state index is -0.366. The van der Waals surface area contributed by atoms with Gasteiger partial charge in [-0.3, -0.25) is 9.59 Å². The number of benzene rings is 2. The minimum Gasteiger partial charge on any atom is -0.341 e. The van der Waals surface area contributed by atoms with Crippen molar-refractivity contribution in [1.82, 2.24) is 9.80 Å². The summed E-state index contributed by atoms with van der Waals surface area (Å²) >= 11 is 5.86. The molecule has 0 aromatic heterocycles. The van der Waals surface area contributed by atoms with Crippen LogP contribution in [-0.2, 0) is 11.2 Å². The number of amides is 2. The summed E-state index contributed by atoms with van der Waals surface area (Å²) in [7, 11) is 0. The standard InChI is InChI=1S/C20H20ClFN2O2/c21-17-8-6-15(7-9-17)20(26)24-11-3-10-23(12-13-24)19(25)14-16-4-1-2-5-18(16)22/h1-2,4-9H,3,10-14H2. The first-order chi connectivity index (χ1) is 12.5. The smallest absolute Gasteiger partial charge is 0.253 e. The molecule has 3 rings (SSSR count). The molecule has 6 heteroatoms. The molecule has 2 aromatic rings. The average Bonchev–Trinajstić information content (AvgIpc) is 2.90. The van der Waals surface area contributed by atoms with Gasteiger partial charge in [0.1, 0.15) is 5.82 Å². The molecule has 0 bridgehead atoms. The van der Waals surface area contributed by atoms with Crippen LogP contribution in [0.15, 0.2) is 48.5 Å². The first-order valence-corrected chi connectivity index (χ1v) is 8.98. The van der Waals surface area contributed by atoms with Gasteiger partial charge in [-0.1, -0.05) is 29.8 Å². The van der Waals surface area contributed by atoms with E-state index in [1.807, 2.05) is 0 Å². The Morgan fingerprint density at radius 3 is 2.31 bits per heavy atom. The molecule has 1 aliphatic heterocycles. The van der Waals surface area contributed by atoms with Gasteiger partial charge in [0.25, 0.3) is 5.91 Å². The number of carbonyl (C=O) groups excluding carboxylic acids is 2. The third-order valence-corrected chi connectivity index (χ3v) is 4.78. The summed E-state index contributed by atoms with van der Waals surface area (Å²) < 4.78 is 13.7. The molecular weight excluding hydrogens is 355 g/mol. The topological polar surface area (TPSA) is 40.6 Å². The van der Waals surface area contributed by atoms with E-state index in [2.05, 4.69) is 0 Å². The van der Waals surface area contributed by atoms with E-state index in [9.17, 15) is 14.0 Å². The molecule has 4 nitrogen and oxygen atoms in total. The molecule has 2 aromatic carbocycles. The second kappa shape index (κ2) is 8.32. The lowest BCUT2D eigenvalue weighted by Crippen LogP contribution is -2.38. The van der Waals surface area contributed by atoms with E-state index in [-0.39, 0.29) is 24.1 Å². The van der Waals surface area contributed by atoms with Crippen LogP contribution in [0.4, 0.5) is 4.39 Å². The number of hydrogen-bond acceptors (Lipinski definition) is 2. The molecule has 1 saturated heterocycles. The maximum Gasteiger partial charge on any atom is 0.253 e. The van der Waals surface area contributed by atoms with E-state index < -0.39 is 0 Å². The highest BCUT2D eigenvalue weighted by molar-refractivity contribution is 6.30. The van der Waals surface area contributed by atoms with Gasteiger partial charge >= 0.3 is 0 Å². The van der Waals surface area contributed by atoms with Gasteiger partial charge in [0.05, 0.1) is 6.42 Å². The van der Waals surface area contributed by atoms with Gasteiger partial charge in [-0.25, -0.2) is 4.39 Å². The van der Waals surface area contributed by atoms with Crippen LogP contribution in [0.2, 0.25) is 5.02 Å². The van der Waals surface area contributed by atoms with Crippen LogP contribution in [0.1, 0.15) is 22.3 Å². The summed E-state index contributed by atoms with van der Waals surface area (Å²) in [5.74, 6) is -0.545. The molecule has 0 N–H and O–H groups in total. The van der Waals surface area contributed by atoms with Crippen LogP contribution in [0.5, 0.6) is 0 Å². The van der Waals surface area contributed by atoms with Crippen molar-refractivity contribution in [1.29, 1.82) is 0 Å². The van der Waals surface area contributed by atoms with Crippen LogP contribution in [0.3, 0.4) is 0 Å². The van der Waals surface area contributed by atoms with Crippen molar-refractivity contribution in [3.63, 3.8) is 0 Å². The zero-order chi connectivity index (χ0) is 18.5. The largest absolute Gasteiger partial charge is 0.341 e. The van der Waals surface area contributed by atoms with Crippen molar-refractivity contribution in [2.75, 3.05) is 26.2 Å². The van der Waals surface area contributed by atoms with Gasteiger partial charge in [-0.05, 0) is 42.3 Å². The number of nitrogens with zero attached hydrogens (tertiary/aromatic N) is 2. The normalized spacial score (nSPS) is 14.8. The molecular formula is C20H20ClFN2O2. The summed E-state index contributed by atoms with van der Waals surface area (Å²) in [6.07, 6.45) is 0.736. The van der Waals surface area contributed by atoms with E-state index in [0.29, 0.717) is 48.7 Å². The highest BCUT2D eigenvalue weighted by atomic mass is 35.5. The molecule has 0 unspecified atom stereocenters. The highest BCUT2D eigenvalue weighted by Crippen LogP contribution is 2.14. The Balaban J connectivity index is 1.61. The average molecular weight is 375 g/mol. The minimum absolute atomic E-state index is 0.0395. The van der Waals surface area contributed by atoms with E-state index >= 15 is 0 Å². The molecule has 136 valence electrons. The highest BCUT2D eigenvalue weighted by Gasteiger charge is 2.23. The fraction of sp³-hybridized carbons (Fsp3) is 0.300. The lowest BCUT2D eigenvalue weighted by Gasteiger charge is -2.22. The predicted octanol–water partition coefficient (Wildman–Crippen LogP) is 3.40. The molecule has 0 atom stereocenters. The summed E-state index contributed by atoms with van der Waals surface area (Å²) in [5.41, 5.74) is 0.983. The van der Waals surface area contributed by atoms with E-state index in [4.69, 9.17) is 11.6 Å². The first-order valence-electron chi connectivity index (χ1n) is 8.60. The third kappa shape index (κ3) is 4.41. The molecule has 1 heterocycles. The van der Waals surface area contributed by atoms with E-state index in [0.717, 1.165) is 0 Å². The van der Waals surface area contributed by atoms with Gasteiger partial charge in [0.15, 0.2) is 0 Å². The Morgan fingerprint density at radius 1 is 0.923 bits per heavy atom. The van der Waals surface area contributed by atoms with E-state index in [1.54, 1.807) is 52.3 Å². The Morgan fingerprint density at radius 2 is 1.58 bits per heavy atom. The Kier molecular flexibility index (Phi) is 5.89. The fourth-order valence-electron chi connectivity index (χ4n) is 3.06. The number of halogens is 2. The zero-order valence-corrected chi connectivity index (χ0v) is 15.1. The maximum absolute atomic E-state index is 13.7. The van der Waals surface area contributed by atoms with Gasteiger partial charge in [-0.15, -0.1) is 0 Å². The van der Waals surface area contributed by atoms with E-state index in [1.165, 1.54) is 6.07 Å². The molecule has 1 aliphatic rings. The molecule has 26 heavy (non-hydrogen) atoms. The summed E-state index contributed by atoms with van der Waals surface area (Å²) in [4.78, 5) is 28.6. The van der Waals surface area contributed by atoms with Crippen LogP contribution < -0.4 is 0 Å². The number of hydrogen-bond donors (Lipinski definition) is 0. The Labute approximate surface area is 157 Å². The monoisotopic (exact) mass is 374 g/mol. The van der Waals surface area contributed by atoms with Crippen LogP contribution >= 0.6 is 11.6 Å². The Bertz CT molecular complexity index is 795. The lowest BCUT2D eigenvalue weighted by atomic mass is 10.1. The number of carbonyl (C=O) groups is 2. The SMILES string of the molecule is O=C(Cc1ccccc1F)N1CCCN(C(=O)c2ccc(Cl)cc2)CC1. The van der Waals surface area contributed by atoms with Crippen molar-refractivity contribution in [2.45, 2.75) is 12.8 Å². The van der Waals surface area contributed by atoms with Crippen molar-refractivity contribution in [3.05, 3.63) is 70.5 Å². The van der Waals surface area contributed by atoms with Gasteiger partial charge in [0.2, 0.25) is 5.91 Å². The van der Waals surface area contributed by atoms with Crippen LogP contribution in [0, 0.1) is 5.82 Å². The second-order valence-corrected chi connectivity index (χ2v) is 6.74.